The van der Waals surface area contributed by atoms with Crippen molar-refractivity contribution in [2.45, 2.75) is 6.54 Å². The van der Waals surface area contributed by atoms with Crippen LogP contribution in [0, 0.1) is 0 Å². The number of nitrogens with one attached hydrogen (secondary N) is 1. The first-order valence-corrected chi connectivity index (χ1v) is 5.81. The number of benzene rings is 1. The zero-order valence-electron chi connectivity index (χ0n) is 10.9. The average Bonchev–Trinajstić information content (AvgIpc) is 2.82. The van der Waals surface area contributed by atoms with Crippen LogP contribution in [-0.2, 0) is 13.6 Å². The maximum atomic E-state index is 12.1. The van der Waals surface area contributed by atoms with Crippen molar-refractivity contribution in [3.05, 3.63) is 41.7 Å². The molecule has 2 rings (SSSR count). The highest BCUT2D eigenvalue weighted by atomic mass is 16.5. The van der Waals surface area contributed by atoms with E-state index in [0.29, 0.717) is 23.5 Å². The summed E-state index contributed by atoms with van der Waals surface area (Å²) in [5.74, 6) is 0.255. The minimum Gasteiger partial charge on any atom is -0.495 e. The Labute approximate surface area is 111 Å². The number of hydrogen-bond donors (Lipinski definition) is 2. The summed E-state index contributed by atoms with van der Waals surface area (Å²) in [6.45, 7) is 0.395. The van der Waals surface area contributed by atoms with Gasteiger partial charge in [0.15, 0.2) is 0 Å². The summed E-state index contributed by atoms with van der Waals surface area (Å²) in [4.78, 5) is 12.1. The molecule has 1 amide bonds. The molecule has 100 valence electrons. The van der Waals surface area contributed by atoms with Crippen LogP contribution in [0.3, 0.4) is 0 Å². The average molecular weight is 260 g/mol. The molecule has 0 fully saturated rings. The first-order chi connectivity index (χ1) is 9.13. The Kier molecular flexibility index (Phi) is 3.70. The number of aryl methyl sites for hydroxylation is 1. The molecule has 0 bridgehead atoms. The second kappa shape index (κ2) is 5.43. The number of nitrogen functional groups attached to an aromatic ring is 1. The van der Waals surface area contributed by atoms with Crippen LogP contribution in [0.15, 0.2) is 30.5 Å². The Bertz CT molecular complexity index is 592. The minimum atomic E-state index is -0.238. The summed E-state index contributed by atoms with van der Waals surface area (Å²) in [6.07, 6.45) is 1.68. The van der Waals surface area contributed by atoms with Crippen LogP contribution >= 0.6 is 0 Å². The molecule has 0 aliphatic carbocycles. The van der Waals surface area contributed by atoms with E-state index < -0.39 is 0 Å². The standard InChI is InChI=1S/C13H16N4O2/c1-17-9(6-7-16-17)8-15-13(18)10-4-3-5-11(19-2)12(10)14/h3-7H,8,14H2,1-2H3,(H,15,18). The van der Waals surface area contributed by atoms with Gasteiger partial charge in [-0.2, -0.15) is 5.10 Å². The van der Waals surface area contributed by atoms with Gasteiger partial charge in [-0.3, -0.25) is 9.48 Å². The minimum absolute atomic E-state index is 0.238. The number of methoxy groups -OCH3 is 1. The molecule has 0 saturated heterocycles. The molecule has 0 aliphatic heterocycles. The van der Waals surface area contributed by atoms with Crippen LogP contribution in [0.4, 0.5) is 5.69 Å². The van der Waals surface area contributed by atoms with Gasteiger partial charge < -0.3 is 15.8 Å². The van der Waals surface area contributed by atoms with Crippen molar-refractivity contribution in [3.8, 4) is 5.75 Å². The number of anilines is 1. The van der Waals surface area contributed by atoms with Crippen molar-refractivity contribution < 1.29 is 9.53 Å². The third-order valence-corrected chi connectivity index (χ3v) is 2.88. The first kappa shape index (κ1) is 12.9. The second-order valence-corrected chi connectivity index (χ2v) is 4.05. The molecule has 0 unspecified atom stereocenters. The lowest BCUT2D eigenvalue weighted by Gasteiger charge is -2.10. The van der Waals surface area contributed by atoms with Crippen molar-refractivity contribution in [2.24, 2.45) is 7.05 Å². The zero-order chi connectivity index (χ0) is 13.8. The highest BCUT2D eigenvalue weighted by Crippen LogP contribution is 2.24. The van der Waals surface area contributed by atoms with Gasteiger partial charge in [0.1, 0.15) is 5.75 Å². The van der Waals surface area contributed by atoms with E-state index in [9.17, 15) is 4.79 Å². The van der Waals surface area contributed by atoms with Gasteiger partial charge in [0.05, 0.1) is 30.6 Å². The van der Waals surface area contributed by atoms with Gasteiger partial charge >= 0.3 is 0 Å². The first-order valence-electron chi connectivity index (χ1n) is 5.81. The van der Waals surface area contributed by atoms with E-state index in [0.717, 1.165) is 5.69 Å². The number of nitrogens with zero attached hydrogens (tertiary/aromatic N) is 2. The maximum absolute atomic E-state index is 12.1. The summed E-state index contributed by atoms with van der Waals surface area (Å²) in [6, 6.07) is 6.95. The highest BCUT2D eigenvalue weighted by molar-refractivity contribution is 6.00. The van der Waals surface area contributed by atoms with E-state index in [-0.39, 0.29) is 5.91 Å². The molecule has 3 N–H and O–H groups in total. The number of carbonyl (C=O) groups excluding carboxylic acids is 1. The van der Waals surface area contributed by atoms with Crippen molar-refractivity contribution in [1.29, 1.82) is 0 Å². The maximum Gasteiger partial charge on any atom is 0.253 e. The lowest BCUT2D eigenvalue weighted by molar-refractivity contribution is 0.0950. The molecule has 1 aromatic carbocycles. The van der Waals surface area contributed by atoms with Gasteiger partial charge in [-0.15, -0.1) is 0 Å². The second-order valence-electron chi connectivity index (χ2n) is 4.05. The van der Waals surface area contributed by atoms with Gasteiger partial charge in [0, 0.05) is 13.2 Å². The van der Waals surface area contributed by atoms with Crippen LogP contribution in [0.1, 0.15) is 16.1 Å². The van der Waals surface area contributed by atoms with E-state index in [1.165, 1.54) is 7.11 Å². The van der Waals surface area contributed by atoms with Gasteiger partial charge in [0.2, 0.25) is 0 Å². The van der Waals surface area contributed by atoms with Crippen LogP contribution in [-0.4, -0.2) is 22.8 Å². The highest BCUT2D eigenvalue weighted by Gasteiger charge is 2.13. The van der Waals surface area contributed by atoms with Gasteiger partial charge in [-0.05, 0) is 18.2 Å². The molecule has 1 heterocycles. The third-order valence-electron chi connectivity index (χ3n) is 2.88. The summed E-state index contributed by atoms with van der Waals surface area (Å²) in [5.41, 5.74) is 7.53. The monoisotopic (exact) mass is 260 g/mol. The molecule has 0 spiro atoms. The summed E-state index contributed by atoms with van der Waals surface area (Å²) >= 11 is 0. The van der Waals surface area contributed by atoms with Gasteiger partial charge in [-0.25, -0.2) is 0 Å². The number of nitrogens with two attached hydrogens (primary N) is 1. The Hall–Kier alpha value is -2.50. The number of amides is 1. The van der Waals surface area contributed by atoms with Crippen LogP contribution in [0.5, 0.6) is 5.75 Å². The van der Waals surface area contributed by atoms with Gasteiger partial charge in [-0.1, -0.05) is 6.07 Å². The number of carbonyl (C=O) groups is 1. The molecule has 1 aromatic heterocycles. The van der Waals surface area contributed by atoms with Gasteiger partial charge in [0.25, 0.3) is 5.91 Å². The topological polar surface area (TPSA) is 82.2 Å². The fraction of sp³-hybridized carbons (Fsp3) is 0.231. The van der Waals surface area contributed by atoms with Crippen molar-refractivity contribution in [2.75, 3.05) is 12.8 Å². The van der Waals surface area contributed by atoms with Crippen molar-refractivity contribution in [3.63, 3.8) is 0 Å². The SMILES string of the molecule is COc1cccc(C(=O)NCc2ccnn2C)c1N. The molecule has 2 aromatic rings. The van der Waals surface area contributed by atoms with E-state index >= 15 is 0 Å². The number of ether oxygens (including phenoxy) is 1. The third kappa shape index (κ3) is 2.67. The van der Waals surface area contributed by atoms with Crippen molar-refractivity contribution >= 4 is 11.6 Å². The normalized spacial score (nSPS) is 10.2. The zero-order valence-corrected chi connectivity index (χ0v) is 10.9. The van der Waals surface area contributed by atoms with E-state index in [1.54, 1.807) is 29.1 Å². The lowest BCUT2D eigenvalue weighted by Crippen LogP contribution is -2.25. The summed E-state index contributed by atoms with van der Waals surface area (Å²) in [7, 11) is 3.34. The molecule has 0 radical (unpaired) electrons. The number of hydrogen-bond acceptors (Lipinski definition) is 4. The van der Waals surface area contributed by atoms with Crippen LogP contribution in [0.2, 0.25) is 0 Å². The Morgan fingerprint density at radius 3 is 2.89 bits per heavy atom. The van der Waals surface area contributed by atoms with E-state index in [4.69, 9.17) is 10.5 Å². The Morgan fingerprint density at radius 2 is 2.26 bits per heavy atom. The molecule has 0 atom stereocenters. The molecular formula is C13H16N4O2. The Morgan fingerprint density at radius 1 is 1.47 bits per heavy atom. The van der Waals surface area contributed by atoms with E-state index in [1.807, 2.05) is 13.1 Å². The van der Waals surface area contributed by atoms with Crippen molar-refractivity contribution in [1.82, 2.24) is 15.1 Å². The van der Waals surface area contributed by atoms with Crippen LogP contribution in [0.25, 0.3) is 0 Å². The molecular weight excluding hydrogens is 244 g/mol. The number of rotatable bonds is 4. The fourth-order valence-electron chi connectivity index (χ4n) is 1.76. The number of para-hydroxylation sites is 1. The predicted octanol–water partition coefficient (Wildman–Crippen LogP) is 0.941. The smallest absolute Gasteiger partial charge is 0.253 e. The molecule has 6 heteroatoms. The summed E-state index contributed by atoms with van der Waals surface area (Å²) < 4.78 is 6.79. The molecule has 0 saturated carbocycles. The quantitative estimate of drug-likeness (QED) is 0.801. The number of aromatic nitrogens is 2. The van der Waals surface area contributed by atoms with Crippen LogP contribution < -0.4 is 15.8 Å². The fourth-order valence-corrected chi connectivity index (χ4v) is 1.76. The lowest BCUT2D eigenvalue weighted by atomic mass is 10.1. The molecule has 6 nitrogen and oxygen atoms in total. The largest absolute Gasteiger partial charge is 0.495 e. The molecule has 0 aliphatic rings. The predicted molar refractivity (Wildman–Crippen MR) is 71.8 cm³/mol. The Balaban J connectivity index is 2.10. The van der Waals surface area contributed by atoms with E-state index in [2.05, 4.69) is 10.4 Å². The summed E-state index contributed by atoms with van der Waals surface area (Å²) in [5, 5.41) is 6.83. The molecule has 19 heavy (non-hydrogen) atoms.